The van der Waals surface area contributed by atoms with Gasteiger partial charge < -0.3 is 44.4 Å². The summed E-state index contributed by atoms with van der Waals surface area (Å²) in [5, 5.41) is 6.91. The lowest BCUT2D eigenvalue weighted by molar-refractivity contribution is -0.686. The SMILES string of the molecule is COc1cc(C[NH2+]Cc2ccc(-c3cc(-c4ccc(C[NH2+]Cc5cc(OC)cc(OC)c5)cc4)cc(-c4ccc(C[NH2+]Cc5cc(OC)cc(OC)c5)cc4)c3)cc2)cc(OC)c1. The van der Waals surface area contributed by atoms with Crippen molar-refractivity contribution in [1.29, 1.82) is 0 Å². The molecular weight excluding hydrogens is 787 g/mol. The van der Waals surface area contributed by atoms with E-state index in [0.29, 0.717) is 0 Å². The van der Waals surface area contributed by atoms with Crippen LogP contribution in [0.5, 0.6) is 34.5 Å². The molecule has 0 aliphatic rings. The van der Waals surface area contributed by atoms with Crippen LogP contribution in [-0.4, -0.2) is 42.7 Å². The van der Waals surface area contributed by atoms with Crippen LogP contribution < -0.4 is 44.4 Å². The van der Waals surface area contributed by atoms with Gasteiger partial charge in [-0.15, -0.1) is 0 Å². The highest BCUT2D eigenvalue weighted by Crippen LogP contribution is 2.34. The topological polar surface area (TPSA) is 105 Å². The minimum atomic E-state index is 0.803. The van der Waals surface area contributed by atoms with Crippen LogP contribution in [0.3, 0.4) is 0 Å². The van der Waals surface area contributed by atoms with E-state index in [4.69, 9.17) is 28.4 Å². The average Bonchev–Trinajstić information content (AvgIpc) is 3.34. The minimum absolute atomic E-state index is 0.803. The third-order valence-electron chi connectivity index (χ3n) is 11.3. The predicted octanol–water partition coefficient (Wildman–Crippen LogP) is 7.53. The number of ether oxygens (including phenoxy) is 6. The molecule has 7 aromatic rings. The van der Waals surface area contributed by atoms with E-state index in [9.17, 15) is 0 Å². The standard InChI is InChI=1S/C54H57N3O6/c1-58-49-19-40(20-50(28-49)59-2)34-55-31-37-7-13-43(14-8-37)46-25-47(44-15-9-38(10-16-44)32-56-35-41-21-51(60-3)29-52(22-41)61-4)27-48(26-46)45-17-11-39(12-18-45)33-57-36-42-23-53(62-5)30-54(24-42)63-6/h7-30,55-57H,31-36H2,1-6H3/p+3. The summed E-state index contributed by atoms with van der Waals surface area (Å²) in [5.41, 5.74) is 14.4. The number of rotatable bonds is 21. The second-order valence-corrected chi connectivity index (χ2v) is 15.6. The molecule has 0 aliphatic heterocycles. The Kier molecular flexibility index (Phi) is 15.3. The molecule has 0 fully saturated rings. The van der Waals surface area contributed by atoms with Crippen LogP contribution in [0.2, 0.25) is 0 Å². The summed E-state index contributed by atoms with van der Waals surface area (Å²) in [6.07, 6.45) is 0. The fourth-order valence-corrected chi connectivity index (χ4v) is 7.80. The van der Waals surface area contributed by atoms with Gasteiger partial charge in [-0.05, 0) is 88.0 Å². The molecule has 7 aromatic carbocycles. The molecule has 0 bridgehead atoms. The number of hydrogen-bond acceptors (Lipinski definition) is 6. The summed E-state index contributed by atoms with van der Waals surface area (Å²) in [6.45, 7) is 5.05. The number of quaternary nitrogens is 3. The lowest BCUT2D eigenvalue weighted by Crippen LogP contribution is -2.80. The number of methoxy groups -OCH3 is 6. The Labute approximate surface area is 371 Å². The number of benzene rings is 7. The summed E-state index contributed by atoms with van der Waals surface area (Å²) in [7, 11) is 10.1. The first kappa shape index (κ1) is 44.3. The van der Waals surface area contributed by atoms with E-state index >= 15 is 0 Å². The normalized spacial score (nSPS) is 11.0. The van der Waals surface area contributed by atoms with Gasteiger partial charge in [0.05, 0.1) is 42.7 Å². The molecule has 0 saturated carbocycles. The van der Waals surface area contributed by atoms with Crippen LogP contribution in [0.4, 0.5) is 0 Å². The Morgan fingerprint density at radius 2 is 0.444 bits per heavy atom. The molecule has 9 nitrogen and oxygen atoms in total. The number of hydrogen-bond donors (Lipinski definition) is 3. The van der Waals surface area contributed by atoms with Crippen LogP contribution in [0, 0.1) is 0 Å². The quantitative estimate of drug-likeness (QED) is 0.0692. The van der Waals surface area contributed by atoms with E-state index in [-0.39, 0.29) is 0 Å². The maximum Gasteiger partial charge on any atom is 0.123 e. The average molecular weight is 847 g/mol. The fraction of sp³-hybridized carbons (Fsp3) is 0.222. The Balaban J connectivity index is 1.07. The van der Waals surface area contributed by atoms with Crippen LogP contribution in [0.25, 0.3) is 33.4 Å². The molecule has 0 unspecified atom stereocenters. The second kappa shape index (κ2) is 21.8. The molecule has 0 atom stereocenters. The third-order valence-corrected chi connectivity index (χ3v) is 11.3. The van der Waals surface area contributed by atoms with E-state index < -0.39 is 0 Å². The van der Waals surface area contributed by atoms with Crippen molar-refractivity contribution in [3.8, 4) is 67.9 Å². The van der Waals surface area contributed by atoms with E-state index in [2.05, 4.69) is 143 Å². The van der Waals surface area contributed by atoms with E-state index in [1.54, 1.807) is 42.7 Å². The van der Waals surface area contributed by atoms with Gasteiger partial charge in [-0.1, -0.05) is 72.8 Å². The Bertz CT molecular complexity index is 2200. The van der Waals surface area contributed by atoms with Gasteiger partial charge in [0, 0.05) is 51.6 Å². The van der Waals surface area contributed by atoms with E-state index in [1.165, 1.54) is 50.1 Å². The monoisotopic (exact) mass is 846 g/mol. The first-order valence-corrected chi connectivity index (χ1v) is 21.4. The van der Waals surface area contributed by atoms with Crippen LogP contribution in [0.1, 0.15) is 33.4 Å². The summed E-state index contributed by atoms with van der Waals surface area (Å²) in [5.74, 6) is 4.82. The van der Waals surface area contributed by atoms with Gasteiger partial charge in [-0.25, -0.2) is 0 Å². The van der Waals surface area contributed by atoms with Gasteiger partial charge >= 0.3 is 0 Å². The molecule has 0 spiro atoms. The Hall–Kier alpha value is -6.78. The van der Waals surface area contributed by atoms with Gasteiger partial charge in [0.2, 0.25) is 0 Å². The molecule has 63 heavy (non-hydrogen) atoms. The Morgan fingerprint density at radius 3 is 0.651 bits per heavy atom. The zero-order chi connectivity index (χ0) is 44.0. The first-order chi connectivity index (χ1) is 30.8. The fourth-order valence-electron chi connectivity index (χ4n) is 7.80. The maximum absolute atomic E-state index is 5.47. The lowest BCUT2D eigenvalue weighted by atomic mass is 9.92. The van der Waals surface area contributed by atoms with Crippen LogP contribution in [0.15, 0.2) is 146 Å². The van der Waals surface area contributed by atoms with Crippen molar-refractivity contribution >= 4 is 0 Å². The highest BCUT2D eigenvalue weighted by molar-refractivity contribution is 5.81. The summed E-state index contributed by atoms with van der Waals surface area (Å²) in [6, 6.07) is 51.9. The molecule has 9 heteroatoms. The smallest absolute Gasteiger partial charge is 0.123 e. The molecule has 0 heterocycles. The molecule has 0 saturated heterocycles. The van der Waals surface area contributed by atoms with Crippen LogP contribution >= 0.6 is 0 Å². The Morgan fingerprint density at radius 1 is 0.238 bits per heavy atom. The van der Waals surface area contributed by atoms with E-state index in [0.717, 1.165) is 90.5 Å². The third kappa shape index (κ3) is 12.2. The zero-order valence-corrected chi connectivity index (χ0v) is 37.3. The predicted molar refractivity (Wildman–Crippen MR) is 249 cm³/mol. The largest absolute Gasteiger partial charge is 0.497 e. The highest BCUT2D eigenvalue weighted by atomic mass is 16.5. The van der Waals surface area contributed by atoms with Crippen molar-refractivity contribution in [2.75, 3.05) is 42.7 Å². The summed E-state index contributed by atoms with van der Waals surface area (Å²) < 4.78 is 32.8. The molecule has 0 radical (unpaired) electrons. The maximum atomic E-state index is 5.47. The molecule has 0 aromatic heterocycles. The molecular formula is C54H60N3O6+3. The molecule has 0 amide bonds. The van der Waals surface area contributed by atoms with Gasteiger partial charge in [0.1, 0.15) is 73.8 Å². The number of nitrogens with two attached hydrogens (primary N) is 3. The minimum Gasteiger partial charge on any atom is -0.497 e. The molecule has 6 N–H and O–H groups in total. The van der Waals surface area contributed by atoms with Gasteiger partial charge in [0.15, 0.2) is 0 Å². The first-order valence-electron chi connectivity index (χ1n) is 21.4. The molecule has 0 aliphatic carbocycles. The summed E-state index contributed by atoms with van der Waals surface area (Å²) in [4.78, 5) is 0. The van der Waals surface area contributed by atoms with Crippen molar-refractivity contribution in [3.05, 3.63) is 179 Å². The van der Waals surface area contributed by atoms with Crippen molar-refractivity contribution in [2.24, 2.45) is 0 Å². The molecule has 7 rings (SSSR count). The van der Waals surface area contributed by atoms with Crippen molar-refractivity contribution in [2.45, 2.75) is 39.3 Å². The molecule has 324 valence electrons. The van der Waals surface area contributed by atoms with Crippen molar-refractivity contribution in [3.63, 3.8) is 0 Å². The van der Waals surface area contributed by atoms with Gasteiger partial charge in [0.25, 0.3) is 0 Å². The van der Waals surface area contributed by atoms with Gasteiger partial charge in [-0.2, -0.15) is 0 Å². The second-order valence-electron chi connectivity index (χ2n) is 15.6. The summed E-state index contributed by atoms with van der Waals surface area (Å²) >= 11 is 0. The van der Waals surface area contributed by atoms with Gasteiger partial charge in [-0.3, -0.25) is 0 Å². The van der Waals surface area contributed by atoms with Crippen molar-refractivity contribution in [1.82, 2.24) is 0 Å². The lowest BCUT2D eigenvalue weighted by Gasteiger charge is -2.13. The van der Waals surface area contributed by atoms with E-state index in [1.807, 2.05) is 18.2 Å². The van der Waals surface area contributed by atoms with Crippen LogP contribution in [-0.2, 0) is 39.3 Å². The highest BCUT2D eigenvalue weighted by Gasteiger charge is 2.12. The zero-order valence-electron chi connectivity index (χ0n) is 37.3. The van der Waals surface area contributed by atoms with Crippen molar-refractivity contribution < 1.29 is 44.4 Å².